The van der Waals surface area contributed by atoms with Gasteiger partial charge in [0.05, 0.1) is 18.1 Å². The summed E-state index contributed by atoms with van der Waals surface area (Å²) >= 11 is 0. The number of benzene rings is 1. The largest absolute Gasteiger partial charge is 0.488 e. The van der Waals surface area contributed by atoms with Crippen molar-refractivity contribution in [2.24, 2.45) is 0 Å². The molecular weight excluding hydrogens is 336 g/mol. The van der Waals surface area contributed by atoms with Gasteiger partial charge in [-0.1, -0.05) is 25.1 Å². The quantitative estimate of drug-likeness (QED) is 0.230. The number of hydrogen-bond donors (Lipinski definition) is 0. The van der Waals surface area contributed by atoms with Gasteiger partial charge in [-0.05, 0) is 38.8 Å². The van der Waals surface area contributed by atoms with Crippen LogP contribution in [-0.4, -0.2) is 18.7 Å². The number of ether oxygens (including phenoxy) is 3. The van der Waals surface area contributed by atoms with Crippen molar-refractivity contribution in [2.75, 3.05) is 6.61 Å². The highest BCUT2D eigenvalue weighted by Gasteiger charge is 2.21. The maximum Gasteiger partial charge on any atom is 0.383 e. The van der Waals surface area contributed by atoms with E-state index in [-0.39, 0.29) is 23.2 Å². The van der Waals surface area contributed by atoms with E-state index >= 15 is 0 Å². The third-order valence-electron chi connectivity index (χ3n) is 3.35. The molecule has 0 aliphatic heterocycles. The topological polar surface area (TPSA) is 75.0 Å². The minimum absolute atomic E-state index is 0.0203. The number of para-hydroxylation sites is 1. The molecule has 0 fully saturated rings. The number of carbonyl (C=O) groups excluding carboxylic acids is 1. The lowest BCUT2D eigenvalue weighted by molar-refractivity contribution is -0.131. The van der Waals surface area contributed by atoms with Gasteiger partial charge in [0.2, 0.25) is 5.75 Å². The van der Waals surface area contributed by atoms with E-state index in [1.807, 2.05) is 26.0 Å². The van der Waals surface area contributed by atoms with Gasteiger partial charge in [0, 0.05) is 6.92 Å². The zero-order valence-corrected chi connectivity index (χ0v) is 15.5. The Hall–Kier alpha value is -2.76. The third-order valence-corrected chi connectivity index (χ3v) is 3.35. The Bertz CT molecular complexity index is 847. The van der Waals surface area contributed by atoms with Crippen molar-refractivity contribution in [2.45, 2.75) is 46.6 Å². The number of carbonyl (C=O) groups is 1. The zero-order chi connectivity index (χ0) is 19.1. The molecule has 0 saturated heterocycles. The zero-order valence-electron chi connectivity index (χ0n) is 15.5. The molecule has 0 N–H and O–H groups in total. The summed E-state index contributed by atoms with van der Waals surface area (Å²) in [4.78, 5) is 23.7. The first-order valence-corrected chi connectivity index (χ1v) is 8.66. The number of fused-ring (bicyclic) bond motifs is 1. The van der Waals surface area contributed by atoms with Gasteiger partial charge in [-0.25, -0.2) is 4.79 Å². The summed E-state index contributed by atoms with van der Waals surface area (Å²) in [5, 5.41) is 0.512. The number of esters is 1. The molecular formula is C20H24O6. The molecule has 26 heavy (non-hydrogen) atoms. The summed E-state index contributed by atoms with van der Waals surface area (Å²) in [6.07, 6.45) is 5.48. The fourth-order valence-electron chi connectivity index (χ4n) is 2.38. The number of hydrogen-bond acceptors (Lipinski definition) is 6. The molecule has 6 heteroatoms. The predicted octanol–water partition coefficient (Wildman–Crippen LogP) is 4.24. The van der Waals surface area contributed by atoms with E-state index in [0.717, 1.165) is 6.42 Å². The van der Waals surface area contributed by atoms with Gasteiger partial charge in [0.15, 0.2) is 17.1 Å². The highest BCUT2D eigenvalue weighted by Crippen LogP contribution is 2.37. The second-order valence-corrected chi connectivity index (χ2v) is 5.96. The van der Waals surface area contributed by atoms with Crippen LogP contribution in [0.25, 0.3) is 11.0 Å². The van der Waals surface area contributed by atoms with Gasteiger partial charge < -0.3 is 18.6 Å². The average Bonchev–Trinajstić information content (AvgIpc) is 2.57. The van der Waals surface area contributed by atoms with Crippen LogP contribution >= 0.6 is 0 Å². The number of rotatable bonds is 8. The summed E-state index contributed by atoms with van der Waals surface area (Å²) in [5.74, 6) is -0.0236. The van der Waals surface area contributed by atoms with E-state index in [1.54, 1.807) is 18.2 Å². The van der Waals surface area contributed by atoms with Crippen LogP contribution in [0.3, 0.4) is 0 Å². The minimum atomic E-state index is -0.676. The van der Waals surface area contributed by atoms with Gasteiger partial charge in [-0.3, -0.25) is 4.79 Å². The lowest BCUT2D eigenvalue weighted by Crippen LogP contribution is -2.16. The molecule has 2 rings (SSSR count). The Labute approximate surface area is 152 Å². The molecule has 0 atom stereocenters. The summed E-state index contributed by atoms with van der Waals surface area (Å²) in [6.45, 7) is 7.34. The molecule has 0 saturated carbocycles. The van der Waals surface area contributed by atoms with Gasteiger partial charge >= 0.3 is 11.6 Å². The Kier molecular flexibility index (Phi) is 6.83. The Morgan fingerprint density at radius 3 is 2.65 bits per heavy atom. The third kappa shape index (κ3) is 4.88. The minimum Gasteiger partial charge on any atom is -0.488 e. The highest BCUT2D eigenvalue weighted by atomic mass is 16.6. The maximum absolute atomic E-state index is 12.4. The predicted molar refractivity (Wildman–Crippen MR) is 99.1 cm³/mol. The molecule has 2 aromatic rings. The smallest absolute Gasteiger partial charge is 0.383 e. The van der Waals surface area contributed by atoms with Gasteiger partial charge in [-0.15, -0.1) is 0 Å². The van der Waals surface area contributed by atoms with Crippen LogP contribution in [0, 0.1) is 0 Å². The second-order valence-electron chi connectivity index (χ2n) is 5.96. The van der Waals surface area contributed by atoms with Crippen molar-refractivity contribution in [1.82, 2.24) is 0 Å². The molecule has 1 aromatic heterocycles. The fourth-order valence-corrected chi connectivity index (χ4v) is 2.38. The van der Waals surface area contributed by atoms with Crippen LogP contribution < -0.4 is 19.8 Å². The van der Waals surface area contributed by atoms with Crippen LogP contribution in [0.15, 0.2) is 39.6 Å². The van der Waals surface area contributed by atoms with Crippen molar-refractivity contribution in [3.63, 3.8) is 0 Å². The SMILES string of the molecule is CCC=CCCOc1c(OC(C)C)c(=O)oc2c(OC(C)=O)cccc12. The molecule has 0 radical (unpaired) electrons. The van der Waals surface area contributed by atoms with Gasteiger partial charge in [0.25, 0.3) is 0 Å². The van der Waals surface area contributed by atoms with Crippen LogP contribution in [0.5, 0.6) is 17.2 Å². The standard InChI is InChI=1S/C20H24O6/c1-5-6-7-8-12-23-18-15-10-9-11-16(25-14(4)21)17(15)26-20(22)19(18)24-13(2)3/h6-7,9-11,13H,5,8,12H2,1-4H3. The second kappa shape index (κ2) is 9.08. The van der Waals surface area contributed by atoms with Crippen molar-refractivity contribution >= 4 is 16.9 Å². The van der Waals surface area contributed by atoms with Crippen molar-refractivity contribution in [3.8, 4) is 17.2 Å². The van der Waals surface area contributed by atoms with E-state index in [2.05, 4.69) is 6.92 Å². The normalized spacial score (nSPS) is 11.3. The lowest BCUT2D eigenvalue weighted by Gasteiger charge is -2.16. The van der Waals surface area contributed by atoms with E-state index < -0.39 is 11.6 Å². The molecule has 0 unspecified atom stereocenters. The van der Waals surface area contributed by atoms with E-state index in [4.69, 9.17) is 18.6 Å². The average molecular weight is 360 g/mol. The Balaban J connectivity index is 2.52. The van der Waals surface area contributed by atoms with Gasteiger partial charge in [0.1, 0.15) is 0 Å². The first kappa shape index (κ1) is 19.6. The van der Waals surface area contributed by atoms with Crippen LogP contribution in [-0.2, 0) is 4.79 Å². The molecule has 6 nitrogen and oxygen atoms in total. The van der Waals surface area contributed by atoms with E-state index in [0.29, 0.717) is 24.2 Å². The monoisotopic (exact) mass is 360 g/mol. The summed E-state index contributed by atoms with van der Waals surface area (Å²) in [5.41, 5.74) is -0.521. The molecule has 140 valence electrons. The summed E-state index contributed by atoms with van der Waals surface area (Å²) in [7, 11) is 0. The maximum atomic E-state index is 12.4. The molecule has 0 aliphatic carbocycles. The first-order chi connectivity index (χ1) is 12.4. The molecule has 0 bridgehead atoms. The molecule has 0 spiro atoms. The molecule has 1 heterocycles. The summed E-state index contributed by atoms with van der Waals surface area (Å²) < 4.78 is 22.0. The van der Waals surface area contributed by atoms with Crippen molar-refractivity contribution in [1.29, 1.82) is 0 Å². The van der Waals surface area contributed by atoms with E-state index in [1.165, 1.54) is 6.92 Å². The Morgan fingerprint density at radius 1 is 1.23 bits per heavy atom. The highest BCUT2D eigenvalue weighted by molar-refractivity contribution is 5.91. The fraction of sp³-hybridized carbons (Fsp3) is 0.400. The van der Waals surface area contributed by atoms with Gasteiger partial charge in [-0.2, -0.15) is 0 Å². The van der Waals surface area contributed by atoms with Crippen molar-refractivity contribution < 1.29 is 23.4 Å². The van der Waals surface area contributed by atoms with Crippen molar-refractivity contribution in [3.05, 3.63) is 40.8 Å². The van der Waals surface area contributed by atoms with Crippen LogP contribution in [0.4, 0.5) is 0 Å². The summed E-state index contributed by atoms with van der Waals surface area (Å²) in [6, 6.07) is 4.99. The molecule has 0 aliphatic rings. The lowest BCUT2D eigenvalue weighted by atomic mass is 10.2. The van der Waals surface area contributed by atoms with E-state index in [9.17, 15) is 9.59 Å². The molecule has 1 aromatic carbocycles. The van der Waals surface area contributed by atoms with Crippen LogP contribution in [0.2, 0.25) is 0 Å². The van der Waals surface area contributed by atoms with Crippen LogP contribution in [0.1, 0.15) is 40.5 Å². The number of allylic oxidation sites excluding steroid dienone is 1. The first-order valence-electron chi connectivity index (χ1n) is 8.66. The molecule has 0 amide bonds. The Morgan fingerprint density at radius 2 is 2.00 bits per heavy atom.